The van der Waals surface area contributed by atoms with Gasteiger partial charge in [-0.1, -0.05) is 194 Å². The topological polar surface area (TPSA) is 51.8 Å². The molecule has 0 atom stereocenters. The first-order valence-corrected chi connectivity index (χ1v) is 21.1. The first-order valence-electron chi connectivity index (χ1n) is 21.1. The van der Waals surface area contributed by atoms with E-state index >= 15 is 0 Å². The van der Waals surface area contributed by atoms with Crippen molar-refractivity contribution in [1.29, 1.82) is 0 Å². The van der Waals surface area contributed by atoms with Crippen LogP contribution in [0.5, 0.6) is 0 Å². The van der Waals surface area contributed by atoms with E-state index in [0.29, 0.717) is 17.5 Å². The molecule has 2 aliphatic carbocycles. The number of furan rings is 1. The lowest BCUT2D eigenvalue weighted by atomic mass is 9.70. The van der Waals surface area contributed by atoms with E-state index in [1.165, 1.54) is 44.5 Å². The van der Waals surface area contributed by atoms with Gasteiger partial charge in [0.2, 0.25) is 0 Å². The second-order valence-corrected chi connectivity index (χ2v) is 16.2. The van der Waals surface area contributed by atoms with E-state index in [0.717, 1.165) is 60.9 Å². The zero-order valence-corrected chi connectivity index (χ0v) is 33.5. The number of nitrogens with zero attached hydrogens (tertiary/aromatic N) is 3. The summed E-state index contributed by atoms with van der Waals surface area (Å²) in [7, 11) is 0. The average Bonchev–Trinajstić information content (AvgIpc) is 3.98. The molecule has 0 fully saturated rings. The van der Waals surface area contributed by atoms with E-state index in [4.69, 9.17) is 19.4 Å². The van der Waals surface area contributed by atoms with Crippen molar-refractivity contribution < 1.29 is 4.42 Å². The van der Waals surface area contributed by atoms with E-state index in [9.17, 15) is 0 Å². The maximum Gasteiger partial charge on any atom is 0.164 e. The summed E-state index contributed by atoms with van der Waals surface area (Å²) in [6.45, 7) is 0. The third-order valence-electron chi connectivity index (χ3n) is 13.0. The van der Waals surface area contributed by atoms with Gasteiger partial charge in [0.15, 0.2) is 17.5 Å². The van der Waals surface area contributed by atoms with Crippen LogP contribution in [-0.2, 0) is 5.41 Å². The van der Waals surface area contributed by atoms with Gasteiger partial charge >= 0.3 is 0 Å². The Morgan fingerprint density at radius 2 is 0.774 bits per heavy atom. The molecule has 11 aromatic rings. The number of fused-ring (bicyclic) bond motifs is 13. The molecule has 0 amide bonds. The Balaban J connectivity index is 1.03. The highest BCUT2D eigenvalue weighted by atomic mass is 16.3. The van der Waals surface area contributed by atoms with Crippen LogP contribution in [0.25, 0.3) is 101 Å². The molecule has 0 N–H and O–H groups in total. The van der Waals surface area contributed by atoms with E-state index < -0.39 is 5.41 Å². The standard InChI is InChI=1S/C58H35N3O/c1-2-17-36(18-3-1)55-59-56(44-24-6-4-19-38(44)37-33-34-53-47(35-37)42-23-11-15-32-52(42)62-53)61-57(60-55)45-25-7-5-20-39(45)43-27-16-31-51-54(43)46-26-10-14-30-50(46)58(51)48-28-12-8-21-40(48)41-22-9-13-29-49(41)58/h1-35H. The van der Waals surface area contributed by atoms with E-state index in [2.05, 4.69) is 182 Å². The summed E-state index contributed by atoms with van der Waals surface area (Å²) in [6.07, 6.45) is 0. The maximum atomic E-state index is 6.21. The van der Waals surface area contributed by atoms with Crippen LogP contribution in [0.2, 0.25) is 0 Å². The van der Waals surface area contributed by atoms with Crippen LogP contribution in [0.4, 0.5) is 0 Å². The Kier molecular flexibility index (Phi) is 7.49. The lowest BCUT2D eigenvalue weighted by Gasteiger charge is -2.30. The van der Waals surface area contributed by atoms with Gasteiger partial charge in [0.05, 0.1) is 5.41 Å². The van der Waals surface area contributed by atoms with Gasteiger partial charge in [0, 0.05) is 27.5 Å². The molecule has 4 heteroatoms. The molecule has 13 rings (SSSR count). The lowest BCUT2D eigenvalue weighted by molar-refractivity contribution is 0.669. The number of rotatable bonds is 5. The molecule has 9 aromatic carbocycles. The minimum Gasteiger partial charge on any atom is -0.456 e. The number of para-hydroxylation sites is 1. The largest absolute Gasteiger partial charge is 0.456 e. The van der Waals surface area contributed by atoms with Crippen molar-refractivity contribution in [2.45, 2.75) is 5.41 Å². The summed E-state index contributed by atoms with van der Waals surface area (Å²) in [6, 6.07) is 75.6. The monoisotopic (exact) mass is 789 g/mol. The minimum atomic E-state index is -0.444. The molecule has 2 aliphatic rings. The van der Waals surface area contributed by atoms with Crippen molar-refractivity contribution in [1.82, 2.24) is 15.0 Å². The van der Waals surface area contributed by atoms with Gasteiger partial charge in [-0.3, -0.25) is 0 Å². The molecule has 0 saturated heterocycles. The predicted octanol–water partition coefficient (Wildman–Crippen LogP) is 14.4. The van der Waals surface area contributed by atoms with Gasteiger partial charge in [-0.2, -0.15) is 0 Å². The number of hydrogen-bond donors (Lipinski definition) is 0. The van der Waals surface area contributed by atoms with Crippen molar-refractivity contribution in [3.05, 3.63) is 235 Å². The Bertz CT molecular complexity index is 3560. The van der Waals surface area contributed by atoms with Crippen molar-refractivity contribution in [3.8, 4) is 78.7 Å². The highest BCUT2D eigenvalue weighted by Gasteiger charge is 2.52. The maximum absolute atomic E-state index is 6.21. The first-order chi connectivity index (χ1) is 30.8. The summed E-state index contributed by atoms with van der Waals surface area (Å²) in [5.41, 5.74) is 18.7. The van der Waals surface area contributed by atoms with Gasteiger partial charge in [0.25, 0.3) is 0 Å². The van der Waals surface area contributed by atoms with Gasteiger partial charge in [0.1, 0.15) is 11.2 Å². The van der Waals surface area contributed by atoms with E-state index in [-0.39, 0.29) is 0 Å². The van der Waals surface area contributed by atoms with Crippen LogP contribution >= 0.6 is 0 Å². The molecular weight excluding hydrogens is 755 g/mol. The van der Waals surface area contributed by atoms with Crippen LogP contribution < -0.4 is 0 Å². The molecule has 1 spiro atoms. The number of benzene rings is 9. The van der Waals surface area contributed by atoms with Crippen molar-refractivity contribution in [2.75, 3.05) is 0 Å². The predicted molar refractivity (Wildman–Crippen MR) is 251 cm³/mol. The quantitative estimate of drug-likeness (QED) is 0.174. The van der Waals surface area contributed by atoms with E-state index in [1.807, 2.05) is 30.3 Å². The summed E-state index contributed by atoms with van der Waals surface area (Å²) in [5, 5.41) is 2.17. The second kappa shape index (κ2) is 13.4. The van der Waals surface area contributed by atoms with Gasteiger partial charge in [-0.05, 0) is 85.0 Å². The van der Waals surface area contributed by atoms with Crippen molar-refractivity contribution in [3.63, 3.8) is 0 Å². The minimum absolute atomic E-state index is 0.444. The summed E-state index contributed by atoms with van der Waals surface area (Å²) in [5.74, 6) is 1.84. The van der Waals surface area contributed by atoms with E-state index in [1.54, 1.807) is 0 Å². The van der Waals surface area contributed by atoms with Gasteiger partial charge < -0.3 is 4.42 Å². The third kappa shape index (κ3) is 4.92. The average molecular weight is 790 g/mol. The summed E-state index contributed by atoms with van der Waals surface area (Å²) in [4.78, 5) is 15.9. The molecule has 0 saturated carbocycles. The number of hydrogen-bond acceptors (Lipinski definition) is 4. The SMILES string of the molecule is c1ccc(-c2nc(-c3ccccc3-c3ccc4oc5ccccc5c4c3)nc(-c3ccccc3-c3cccc4c3-c3ccccc3C43c4ccccc4-c4ccccc43)n2)cc1. The highest BCUT2D eigenvalue weighted by Crippen LogP contribution is 2.64. The normalized spacial score (nSPS) is 13.0. The van der Waals surface area contributed by atoms with Crippen LogP contribution in [0.15, 0.2) is 217 Å². The van der Waals surface area contributed by atoms with Gasteiger partial charge in [-0.25, -0.2) is 15.0 Å². The van der Waals surface area contributed by atoms with Gasteiger partial charge in [-0.15, -0.1) is 0 Å². The van der Waals surface area contributed by atoms with Crippen LogP contribution in [0, 0.1) is 0 Å². The summed E-state index contributed by atoms with van der Waals surface area (Å²) < 4.78 is 6.21. The Hall–Kier alpha value is -8.21. The second-order valence-electron chi connectivity index (χ2n) is 16.2. The fraction of sp³-hybridized carbons (Fsp3) is 0.0172. The molecule has 2 aromatic heterocycles. The highest BCUT2D eigenvalue weighted by molar-refractivity contribution is 6.07. The zero-order valence-electron chi connectivity index (χ0n) is 33.5. The molecule has 0 unspecified atom stereocenters. The Labute approximate surface area is 358 Å². The van der Waals surface area contributed by atoms with Crippen LogP contribution in [-0.4, -0.2) is 15.0 Å². The Morgan fingerprint density at radius 1 is 0.290 bits per heavy atom. The van der Waals surface area contributed by atoms with Crippen LogP contribution in [0.3, 0.4) is 0 Å². The van der Waals surface area contributed by atoms with Crippen molar-refractivity contribution >= 4 is 21.9 Å². The molecular formula is C58H35N3O. The fourth-order valence-electron chi connectivity index (χ4n) is 10.4. The van der Waals surface area contributed by atoms with Crippen LogP contribution in [0.1, 0.15) is 22.3 Å². The molecule has 0 aliphatic heterocycles. The van der Waals surface area contributed by atoms with Crippen molar-refractivity contribution in [2.24, 2.45) is 0 Å². The molecule has 288 valence electrons. The molecule has 62 heavy (non-hydrogen) atoms. The summed E-state index contributed by atoms with van der Waals surface area (Å²) >= 11 is 0. The smallest absolute Gasteiger partial charge is 0.164 e. The molecule has 0 radical (unpaired) electrons. The molecule has 0 bridgehead atoms. The zero-order chi connectivity index (χ0) is 40.8. The fourth-order valence-corrected chi connectivity index (χ4v) is 10.4. The lowest BCUT2D eigenvalue weighted by Crippen LogP contribution is -2.25. The Morgan fingerprint density at radius 3 is 1.48 bits per heavy atom. The molecule has 4 nitrogen and oxygen atoms in total. The molecule has 2 heterocycles. The first kappa shape index (κ1) is 34.6. The number of aromatic nitrogens is 3. The third-order valence-corrected chi connectivity index (χ3v) is 13.0.